The van der Waals surface area contributed by atoms with E-state index in [4.69, 9.17) is 11.6 Å². The van der Waals surface area contributed by atoms with E-state index in [1.165, 1.54) is 24.3 Å². The summed E-state index contributed by atoms with van der Waals surface area (Å²) < 4.78 is 41.6. The highest BCUT2D eigenvalue weighted by Crippen LogP contribution is 2.32. The molecule has 0 aliphatic heterocycles. The van der Waals surface area contributed by atoms with E-state index in [1.807, 2.05) is 6.92 Å². The summed E-state index contributed by atoms with van der Waals surface area (Å²) in [5.41, 5.74) is 0.668. The molecule has 112 valence electrons. The second-order valence-electron chi connectivity index (χ2n) is 4.75. The summed E-state index contributed by atoms with van der Waals surface area (Å²) in [7, 11) is 0. The predicted molar refractivity (Wildman–Crippen MR) is 78.0 cm³/mol. The lowest BCUT2D eigenvalue weighted by atomic mass is 9.95. The molecular formula is C16H15ClF3N. The van der Waals surface area contributed by atoms with E-state index in [2.05, 4.69) is 5.32 Å². The van der Waals surface area contributed by atoms with Crippen LogP contribution in [-0.2, 0) is 0 Å². The third-order valence-corrected chi connectivity index (χ3v) is 3.62. The molecule has 0 bridgehead atoms. The van der Waals surface area contributed by atoms with Crippen LogP contribution < -0.4 is 5.32 Å². The van der Waals surface area contributed by atoms with Crippen LogP contribution in [0.15, 0.2) is 30.3 Å². The van der Waals surface area contributed by atoms with E-state index in [0.29, 0.717) is 17.7 Å². The molecule has 21 heavy (non-hydrogen) atoms. The fourth-order valence-corrected chi connectivity index (χ4v) is 2.53. The molecule has 2 aromatic rings. The molecule has 5 heteroatoms. The Morgan fingerprint density at radius 2 is 1.86 bits per heavy atom. The number of nitrogens with one attached hydrogen (secondary N) is 1. The summed E-state index contributed by atoms with van der Waals surface area (Å²) in [5, 5.41) is 3.12. The fraction of sp³-hybridized carbons (Fsp3) is 0.250. The second-order valence-corrected chi connectivity index (χ2v) is 5.16. The highest BCUT2D eigenvalue weighted by atomic mass is 35.5. The monoisotopic (exact) mass is 313 g/mol. The highest BCUT2D eigenvalue weighted by Gasteiger charge is 2.24. The van der Waals surface area contributed by atoms with Crippen LogP contribution in [0.25, 0.3) is 0 Å². The Bertz CT molecular complexity index is 658. The van der Waals surface area contributed by atoms with Crippen LogP contribution in [0, 0.1) is 24.4 Å². The smallest absolute Gasteiger partial charge is 0.134 e. The van der Waals surface area contributed by atoms with Crippen molar-refractivity contribution in [1.29, 1.82) is 0 Å². The van der Waals surface area contributed by atoms with Crippen molar-refractivity contribution in [3.8, 4) is 0 Å². The Hall–Kier alpha value is -1.52. The number of aryl methyl sites for hydroxylation is 1. The quantitative estimate of drug-likeness (QED) is 0.857. The van der Waals surface area contributed by atoms with Crippen LogP contribution in [-0.4, -0.2) is 6.54 Å². The van der Waals surface area contributed by atoms with E-state index in [0.717, 1.165) is 6.07 Å². The normalized spacial score (nSPS) is 12.5. The van der Waals surface area contributed by atoms with Gasteiger partial charge in [0, 0.05) is 10.6 Å². The highest BCUT2D eigenvalue weighted by molar-refractivity contribution is 6.31. The third kappa shape index (κ3) is 3.22. The van der Waals surface area contributed by atoms with E-state index in [1.54, 1.807) is 6.92 Å². The molecule has 0 amide bonds. The van der Waals surface area contributed by atoms with Gasteiger partial charge in [0.05, 0.1) is 6.04 Å². The van der Waals surface area contributed by atoms with Gasteiger partial charge < -0.3 is 5.32 Å². The summed E-state index contributed by atoms with van der Waals surface area (Å²) in [6.07, 6.45) is 0. The van der Waals surface area contributed by atoms with Crippen molar-refractivity contribution in [3.63, 3.8) is 0 Å². The Balaban J connectivity index is 2.61. The summed E-state index contributed by atoms with van der Waals surface area (Å²) in [5.74, 6) is -1.78. The van der Waals surface area contributed by atoms with Crippen molar-refractivity contribution in [2.24, 2.45) is 0 Å². The van der Waals surface area contributed by atoms with Crippen LogP contribution in [0.2, 0.25) is 5.02 Å². The van der Waals surface area contributed by atoms with Gasteiger partial charge in [0.25, 0.3) is 0 Å². The molecule has 0 aliphatic rings. The minimum absolute atomic E-state index is 0.106. The molecule has 0 saturated heterocycles. The van der Waals surface area contributed by atoms with Gasteiger partial charge in [-0.15, -0.1) is 0 Å². The lowest BCUT2D eigenvalue weighted by molar-refractivity contribution is 0.506. The molecule has 0 radical (unpaired) electrons. The van der Waals surface area contributed by atoms with E-state index < -0.39 is 23.5 Å². The first-order valence-corrected chi connectivity index (χ1v) is 6.96. The molecule has 1 unspecified atom stereocenters. The molecule has 1 nitrogen and oxygen atoms in total. The van der Waals surface area contributed by atoms with Gasteiger partial charge in [-0.05, 0) is 42.8 Å². The molecule has 2 rings (SSSR count). The van der Waals surface area contributed by atoms with Gasteiger partial charge in [-0.2, -0.15) is 0 Å². The Labute approximate surface area is 126 Å². The Kier molecular flexibility index (Phi) is 4.91. The molecule has 2 aromatic carbocycles. The number of rotatable bonds is 4. The molecular weight excluding hydrogens is 299 g/mol. The van der Waals surface area contributed by atoms with Crippen LogP contribution in [0.3, 0.4) is 0 Å². The number of halogens is 4. The maximum atomic E-state index is 14.3. The van der Waals surface area contributed by atoms with Gasteiger partial charge in [-0.3, -0.25) is 0 Å². The van der Waals surface area contributed by atoms with Gasteiger partial charge in [-0.25, -0.2) is 13.2 Å². The molecule has 1 N–H and O–H groups in total. The average molecular weight is 314 g/mol. The number of hydrogen-bond acceptors (Lipinski definition) is 1. The molecule has 0 heterocycles. The molecule has 0 saturated carbocycles. The summed E-state index contributed by atoms with van der Waals surface area (Å²) in [6, 6.07) is 5.61. The van der Waals surface area contributed by atoms with Crippen LogP contribution in [0.5, 0.6) is 0 Å². The second kappa shape index (κ2) is 6.50. The number of hydrogen-bond donors (Lipinski definition) is 1. The van der Waals surface area contributed by atoms with Gasteiger partial charge >= 0.3 is 0 Å². The van der Waals surface area contributed by atoms with E-state index in [-0.39, 0.29) is 10.6 Å². The van der Waals surface area contributed by atoms with Crippen LogP contribution in [0.4, 0.5) is 13.2 Å². The molecule has 0 aliphatic carbocycles. The molecule has 0 aromatic heterocycles. The fourth-order valence-electron chi connectivity index (χ4n) is 2.25. The lowest BCUT2D eigenvalue weighted by Gasteiger charge is -2.22. The van der Waals surface area contributed by atoms with Crippen molar-refractivity contribution in [2.45, 2.75) is 19.9 Å². The number of benzene rings is 2. The first-order valence-electron chi connectivity index (χ1n) is 6.58. The van der Waals surface area contributed by atoms with E-state index >= 15 is 0 Å². The summed E-state index contributed by atoms with van der Waals surface area (Å²) >= 11 is 6.03. The van der Waals surface area contributed by atoms with Gasteiger partial charge in [0.15, 0.2) is 0 Å². The van der Waals surface area contributed by atoms with Crippen molar-refractivity contribution in [1.82, 2.24) is 5.32 Å². The van der Waals surface area contributed by atoms with Crippen LogP contribution >= 0.6 is 11.6 Å². The van der Waals surface area contributed by atoms with Gasteiger partial charge in [0.2, 0.25) is 0 Å². The minimum Gasteiger partial charge on any atom is -0.306 e. The zero-order valence-corrected chi connectivity index (χ0v) is 12.4. The first-order chi connectivity index (χ1) is 9.95. The predicted octanol–water partition coefficient (Wildman–Crippen LogP) is 4.76. The van der Waals surface area contributed by atoms with Gasteiger partial charge in [-0.1, -0.05) is 30.7 Å². The van der Waals surface area contributed by atoms with Crippen molar-refractivity contribution in [3.05, 3.63) is 69.5 Å². The standard InChI is InChI=1S/C16H15ClF3N/c1-3-21-16(11-6-5-10(18)8-12(11)17)14-13(19)7-4-9(2)15(14)20/h4-8,16,21H,3H2,1-2H3. The third-order valence-electron chi connectivity index (χ3n) is 3.29. The largest absolute Gasteiger partial charge is 0.306 e. The zero-order chi connectivity index (χ0) is 15.6. The van der Waals surface area contributed by atoms with Gasteiger partial charge in [0.1, 0.15) is 17.5 Å². The molecule has 0 spiro atoms. The first kappa shape index (κ1) is 15.9. The SMILES string of the molecule is CCNC(c1ccc(F)cc1Cl)c1c(F)ccc(C)c1F. The molecule has 0 fully saturated rings. The van der Waals surface area contributed by atoms with E-state index in [9.17, 15) is 13.2 Å². The Morgan fingerprint density at radius 1 is 1.14 bits per heavy atom. The van der Waals surface area contributed by atoms with Crippen molar-refractivity contribution in [2.75, 3.05) is 6.54 Å². The average Bonchev–Trinajstić information content (AvgIpc) is 2.43. The maximum absolute atomic E-state index is 14.3. The summed E-state index contributed by atoms with van der Waals surface area (Å²) in [4.78, 5) is 0. The Morgan fingerprint density at radius 3 is 2.48 bits per heavy atom. The minimum atomic E-state index is -0.775. The van der Waals surface area contributed by atoms with Crippen molar-refractivity contribution < 1.29 is 13.2 Å². The maximum Gasteiger partial charge on any atom is 0.134 e. The lowest BCUT2D eigenvalue weighted by Crippen LogP contribution is -2.25. The van der Waals surface area contributed by atoms with Crippen LogP contribution in [0.1, 0.15) is 29.7 Å². The zero-order valence-electron chi connectivity index (χ0n) is 11.7. The molecule has 1 atom stereocenters. The summed E-state index contributed by atoms with van der Waals surface area (Å²) in [6.45, 7) is 3.86. The van der Waals surface area contributed by atoms with Crippen molar-refractivity contribution >= 4 is 11.6 Å². The topological polar surface area (TPSA) is 12.0 Å².